The van der Waals surface area contributed by atoms with Crippen LogP contribution in [0.2, 0.25) is 10.0 Å². The van der Waals surface area contributed by atoms with Gasteiger partial charge in [0.25, 0.3) is 0 Å². The topological polar surface area (TPSA) is 47.6 Å². The first-order valence-corrected chi connectivity index (χ1v) is 9.00. The van der Waals surface area contributed by atoms with Gasteiger partial charge < -0.3 is 14.8 Å². The summed E-state index contributed by atoms with van der Waals surface area (Å²) in [5.74, 6) is 0.549. The number of rotatable bonds is 7. The fraction of sp³-hybridized carbons (Fsp3) is 0.350. The number of methoxy groups -OCH3 is 1. The Kier molecular flexibility index (Phi) is 6.93. The zero-order valence-corrected chi connectivity index (χ0v) is 16.8. The first kappa shape index (κ1) is 20.6. The molecule has 1 unspecified atom stereocenters. The van der Waals surface area contributed by atoms with E-state index in [4.69, 9.17) is 32.7 Å². The van der Waals surface area contributed by atoms with Crippen LogP contribution in [0.15, 0.2) is 42.5 Å². The number of amides is 1. The van der Waals surface area contributed by atoms with E-state index < -0.39 is 11.6 Å². The van der Waals surface area contributed by atoms with Gasteiger partial charge in [-0.25, -0.2) is 0 Å². The molecule has 0 aromatic heterocycles. The van der Waals surface area contributed by atoms with E-state index in [1.54, 1.807) is 26.2 Å². The van der Waals surface area contributed by atoms with E-state index >= 15 is 0 Å². The zero-order chi connectivity index (χ0) is 19.3. The van der Waals surface area contributed by atoms with Crippen molar-refractivity contribution in [3.05, 3.63) is 63.6 Å². The number of nitrogens with one attached hydrogen (secondary N) is 1. The minimum atomic E-state index is -0.612. The largest absolute Gasteiger partial charge is 0.497 e. The summed E-state index contributed by atoms with van der Waals surface area (Å²) in [4.78, 5) is 12.5. The maximum Gasteiger partial charge on any atom is 0.249 e. The van der Waals surface area contributed by atoms with Crippen molar-refractivity contribution in [2.75, 3.05) is 7.11 Å². The van der Waals surface area contributed by atoms with Crippen LogP contribution in [0.3, 0.4) is 0 Å². The average molecular weight is 396 g/mol. The van der Waals surface area contributed by atoms with Crippen LogP contribution in [-0.2, 0) is 21.7 Å². The fourth-order valence-electron chi connectivity index (χ4n) is 2.43. The Morgan fingerprint density at radius 2 is 1.88 bits per heavy atom. The molecule has 1 atom stereocenters. The van der Waals surface area contributed by atoms with E-state index in [1.165, 1.54) is 0 Å². The molecule has 2 aromatic carbocycles. The summed E-state index contributed by atoms with van der Waals surface area (Å²) >= 11 is 12.0. The van der Waals surface area contributed by atoms with Crippen LogP contribution in [0.1, 0.15) is 31.9 Å². The average Bonchev–Trinajstić information content (AvgIpc) is 2.61. The second kappa shape index (κ2) is 8.76. The summed E-state index contributed by atoms with van der Waals surface area (Å²) in [5, 5.41) is 3.92. The fourth-order valence-corrected chi connectivity index (χ4v) is 2.72. The lowest BCUT2D eigenvalue weighted by Crippen LogP contribution is -2.45. The van der Waals surface area contributed by atoms with E-state index in [0.717, 1.165) is 16.9 Å². The molecule has 26 heavy (non-hydrogen) atoms. The SMILES string of the molecule is COc1cccc(COC(C)C(=O)NC(C)(C)c2ccc(Cl)c(Cl)c2)c1. The number of carbonyl (C=O) groups is 1. The second-order valence-corrected chi connectivity index (χ2v) is 7.36. The second-order valence-electron chi connectivity index (χ2n) is 6.55. The van der Waals surface area contributed by atoms with Gasteiger partial charge in [-0.15, -0.1) is 0 Å². The molecule has 140 valence electrons. The minimum Gasteiger partial charge on any atom is -0.497 e. The standard InChI is InChI=1S/C20H23Cl2NO3/c1-13(26-12-14-6-5-7-16(10-14)25-4)19(24)23-20(2,3)15-8-9-17(21)18(22)11-15/h5-11,13H,12H2,1-4H3,(H,23,24). The highest BCUT2D eigenvalue weighted by Crippen LogP contribution is 2.28. The Labute approximate surface area is 164 Å². The molecule has 0 bridgehead atoms. The first-order chi connectivity index (χ1) is 12.2. The number of halogens is 2. The Morgan fingerprint density at radius 3 is 2.54 bits per heavy atom. The summed E-state index contributed by atoms with van der Waals surface area (Å²) in [6, 6.07) is 12.9. The highest BCUT2D eigenvalue weighted by Gasteiger charge is 2.26. The predicted molar refractivity (Wildman–Crippen MR) is 105 cm³/mol. The van der Waals surface area contributed by atoms with Gasteiger partial charge in [-0.2, -0.15) is 0 Å². The van der Waals surface area contributed by atoms with Crippen molar-refractivity contribution >= 4 is 29.1 Å². The van der Waals surface area contributed by atoms with Crippen molar-refractivity contribution < 1.29 is 14.3 Å². The van der Waals surface area contributed by atoms with Crippen LogP contribution >= 0.6 is 23.2 Å². The zero-order valence-electron chi connectivity index (χ0n) is 15.3. The first-order valence-electron chi connectivity index (χ1n) is 8.25. The maximum atomic E-state index is 12.5. The molecule has 0 heterocycles. The van der Waals surface area contributed by atoms with Crippen molar-refractivity contribution in [1.82, 2.24) is 5.32 Å². The Hall–Kier alpha value is -1.75. The summed E-state index contributed by atoms with van der Waals surface area (Å²) in [6.45, 7) is 5.85. The Morgan fingerprint density at radius 1 is 1.15 bits per heavy atom. The number of hydrogen-bond donors (Lipinski definition) is 1. The van der Waals surface area contributed by atoms with Gasteiger partial charge in [0.1, 0.15) is 11.9 Å². The molecule has 4 nitrogen and oxygen atoms in total. The van der Waals surface area contributed by atoms with Gasteiger partial charge in [-0.3, -0.25) is 4.79 Å². The molecule has 0 aliphatic heterocycles. The van der Waals surface area contributed by atoms with Crippen molar-refractivity contribution in [3.8, 4) is 5.75 Å². The van der Waals surface area contributed by atoms with Gasteiger partial charge in [0.15, 0.2) is 0 Å². The lowest BCUT2D eigenvalue weighted by molar-refractivity contribution is -0.134. The van der Waals surface area contributed by atoms with E-state index in [2.05, 4.69) is 5.32 Å². The lowest BCUT2D eigenvalue weighted by atomic mass is 9.94. The maximum absolute atomic E-state index is 12.5. The number of benzene rings is 2. The van der Waals surface area contributed by atoms with Gasteiger partial charge in [0.2, 0.25) is 5.91 Å². The quantitative estimate of drug-likeness (QED) is 0.720. The van der Waals surface area contributed by atoms with Crippen LogP contribution < -0.4 is 10.1 Å². The molecular formula is C20H23Cl2NO3. The van der Waals surface area contributed by atoms with Gasteiger partial charge in [-0.1, -0.05) is 41.4 Å². The molecule has 0 saturated heterocycles. The molecular weight excluding hydrogens is 373 g/mol. The molecule has 6 heteroatoms. The van der Waals surface area contributed by atoms with Crippen LogP contribution in [0, 0.1) is 0 Å². The molecule has 2 aromatic rings. The monoisotopic (exact) mass is 395 g/mol. The van der Waals surface area contributed by atoms with Gasteiger partial charge >= 0.3 is 0 Å². The molecule has 0 aliphatic rings. The van der Waals surface area contributed by atoms with Gasteiger partial charge in [0, 0.05) is 0 Å². The summed E-state index contributed by atoms with van der Waals surface area (Å²) in [5.41, 5.74) is 1.19. The van der Waals surface area contributed by atoms with E-state index in [-0.39, 0.29) is 5.91 Å². The Bertz CT molecular complexity index is 777. The number of hydrogen-bond acceptors (Lipinski definition) is 3. The normalized spacial score (nSPS) is 12.5. The minimum absolute atomic E-state index is 0.205. The Balaban J connectivity index is 1.97. The molecule has 2 rings (SSSR count). The summed E-state index contributed by atoms with van der Waals surface area (Å²) in [6.07, 6.45) is -0.608. The highest BCUT2D eigenvalue weighted by molar-refractivity contribution is 6.42. The summed E-state index contributed by atoms with van der Waals surface area (Å²) in [7, 11) is 1.61. The molecule has 0 saturated carbocycles. The van der Waals surface area contributed by atoms with Crippen molar-refractivity contribution in [2.24, 2.45) is 0 Å². The molecule has 0 spiro atoms. The van der Waals surface area contributed by atoms with E-state index in [9.17, 15) is 4.79 Å². The van der Waals surface area contributed by atoms with Crippen LogP contribution in [0.4, 0.5) is 0 Å². The van der Waals surface area contributed by atoms with Crippen LogP contribution in [0.5, 0.6) is 5.75 Å². The van der Waals surface area contributed by atoms with E-state index in [1.807, 2.05) is 44.2 Å². The van der Waals surface area contributed by atoms with E-state index in [0.29, 0.717) is 16.7 Å². The van der Waals surface area contributed by atoms with Crippen LogP contribution in [-0.4, -0.2) is 19.1 Å². The van der Waals surface area contributed by atoms with Gasteiger partial charge in [0.05, 0.1) is 29.3 Å². The molecule has 0 aliphatic carbocycles. The van der Waals surface area contributed by atoms with Crippen LogP contribution in [0.25, 0.3) is 0 Å². The number of ether oxygens (including phenoxy) is 2. The van der Waals surface area contributed by atoms with Crippen molar-refractivity contribution in [2.45, 2.75) is 39.0 Å². The predicted octanol–water partition coefficient (Wildman–Crippen LogP) is 4.96. The third kappa shape index (κ3) is 5.37. The van der Waals surface area contributed by atoms with Crippen molar-refractivity contribution in [3.63, 3.8) is 0 Å². The third-order valence-electron chi connectivity index (χ3n) is 4.08. The molecule has 1 amide bonds. The molecule has 1 N–H and O–H groups in total. The van der Waals surface area contributed by atoms with Crippen molar-refractivity contribution in [1.29, 1.82) is 0 Å². The molecule has 0 radical (unpaired) electrons. The lowest BCUT2D eigenvalue weighted by Gasteiger charge is -2.29. The number of carbonyl (C=O) groups excluding carboxylic acids is 1. The van der Waals surface area contributed by atoms with Gasteiger partial charge in [-0.05, 0) is 56.2 Å². The molecule has 0 fully saturated rings. The smallest absolute Gasteiger partial charge is 0.249 e. The highest BCUT2D eigenvalue weighted by atomic mass is 35.5. The third-order valence-corrected chi connectivity index (χ3v) is 4.82. The summed E-state index contributed by atoms with van der Waals surface area (Å²) < 4.78 is 10.9.